The van der Waals surface area contributed by atoms with E-state index in [4.69, 9.17) is 9.47 Å². The third-order valence-electron chi connectivity index (χ3n) is 5.05. The number of carbonyl (C=O) groups is 1. The molecule has 2 aromatic heterocycles. The number of nitrogens with zero attached hydrogens (tertiary/aromatic N) is 2. The van der Waals surface area contributed by atoms with Crippen LogP contribution < -0.4 is 9.47 Å². The Morgan fingerprint density at radius 3 is 2.93 bits per heavy atom. The zero-order valence-electron chi connectivity index (χ0n) is 14.7. The van der Waals surface area contributed by atoms with Crippen molar-refractivity contribution < 1.29 is 14.3 Å². The Bertz CT molecular complexity index is 967. The van der Waals surface area contributed by atoms with Gasteiger partial charge in [-0.05, 0) is 48.1 Å². The normalized spacial score (nSPS) is 18.7. The molecule has 5 rings (SSSR count). The standard InChI is InChI=1S/C20H19N3O3S/c24-20(15-12-14(21-22-15)19-4-2-10-27-19)23-7-1-3-16(23)13-5-6-17-18(11-13)26-9-8-25-17/h2,4-6,10-12,16H,1,3,7-9H2,(H,21,22). The summed E-state index contributed by atoms with van der Waals surface area (Å²) in [5.41, 5.74) is 2.42. The molecular formula is C20H19N3O3S. The van der Waals surface area contributed by atoms with Crippen LogP contribution in [0.3, 0.4) is 0 Å². The zero-order chi connectivity index (χ0) is 18.2. The van der Waals surface area contributed by atoms with Gasteiger partial charge in [-0.15, -0.1) is 11.3 Å². The fourth-order valence-corrected chi connectivity index (χ4v) is 4.45. The van der Waals surface area contributed by atoms with Crippen molar-refractivity contribution in [2.75, 3.05) is 19.8 Å². The summed E-state index contributed by atoms with van der Waals surface area (Å²) in [4.78, 5) is 16.1. The molecule has 0 aliphatic carbocycles. The highest BCUT2D eigenvalue weighted by molar-refractivity contribution is 7.13. The summed E-state index contributed by atoms with van der Waals surface area (Å²) in [6, 6.07) is 11.9. The first kappa shape index (κ1) is 16.4. The highest BCUT2D eigenvalue weighted by Crippen LogP contribution is 2.38. The molecular weight excluding hydrogens is 362 g/mol. The maximum absolute atomic E-state index is 13.1. The Kier molecular flexibility index (Phi) is 4.09. The molecule has 2 aliphatic heterocycles. The lowest BCUT2D eigenvalue weighted by atomic mass is 10.0. The van der Waals surface area contributed by atoms with Crippen LogP contribution in [-0.4, -0.2) is 40.8 Å². The van der Waals surface area contributed by atoms with E-state index in [0.717, 1.165) is 47.0 Å². The van der Waals surface area contributed by atoms with Crippen LogP contribution >= 0.6 is 11.3 Å². The second-order valence-electron chi connectivity index (χ2n) is 6.70. The number of fused-ring (bicyclic) bond motifs is 1. The van der Waals surface area contributed by atoms with Crippen molar-refractivity contribution in [3.63, 3.8) is 0 Å². The summed E-state index contributed by atoms with van der Waals surface area (Å²) in [5, 5.41) is 9.26. The van der Waals surface area contributed by atoms with Gasteiger partial charge in [-0.2, -0.15) is 5.10 Å². The molecule has 1 N–H and O–H groups in total. The van der Waals surface area contributed by atoms with Crippen LogP contribution in [-0.2, 0) is 0 Å². The quantitative estimate of drug-likeness (QED) is 0.747. The molecule has 138 valence electrons. The number of ether oxygens (including phenoxy) is 2. The Morgan fingerprint density at radius 1 is 1.19 bits per heavy atom. The number of amides is 1. The van der Waals surface area contributed by atoms with Gasteiger partial charge < -0.3 is 14.4 Å². The van der Waals surface area contributed by atoms with Crippen LogP contribution in [0.25, 0.3) is 10.6 Å². The molecule has 6 nitrogen and oxygen atoms in total. The first-order valence-electron chi connectivity index (χ1n) is 9.09. The predicted octanol–water partition coefficient (Wildman–Crippen LogP) is 3.89. The van der Waals surface area contributed by atoms with Gasteiger partial charge in [0.15, 0.2) is 17.2 Å². The third kappa shape index (κ3) is 2.98. The molecule has 1 amide bonds. The van der Waals surface area contributed by atoms with Crippen LogP contribution in [0.4, 0.5) is 0 Å². The van der Waals surface area contributed by atoms with Crippen molar-refractivity contribution in [1.82, 2.24) is 15.1 Å². The van der Waals surface area contributed by atoms with E-state index in [-0.39, 0.29) is 11.9 Å². The van der Waals surface area contributed by atoms with E-state index in [9.17, 15) is 4.79 Å². The number of carbonyl (C=O) groups excluding carboxylic acids is 1. The minimum absolute atomic E-state index is 0.0357. The second kappa shape index (κ2) is 6.74. The van der Waals surface area contributed by atoms with Gasteiger partial charge in [0.25, 0.3) is 5.91 Å². The van der Waals surface area contributed by atoms with Gasteiger partial charge in [0.1, 0.15) is 13.2 Å². The van der Waals surface area contributed by atoms with Gasteiger partial charge in [-0.25, -0.2) is 0 Å². The van der Waals surface area contributed by atoms with Gasteiger partial charge in [-0.1, -0.05) is 12.1 Å². The second-order valence-corrected chi connectivity index (χ2v) is 7.65. The smallest absolute Gasteiger partial charge is 0.274 e. The van der Waals surface area contributed by atoms with E-state index in [1.54, 1.807) is 11.3 Å². The number of nitrogens with one attached hydrogen (secondary N) is 1. The Hall–Kier alpha value is -2.80. The molecule has 1 atom stereocenters. The molecule has 1 unspecified atom stereocenters. The zero-order valence-corrected chi connectivity index (χ0v) is 15.5. The summed E-state index contributed by atoms with van der Waals surface area (Å²) < 4.78 is 11.3. The first-order chi connectivity index (χ1) is 13.3. The van der Waals surface area contributed by atoms with Crippen LogP contribution in [0, 0.1) is 0 Å². The molecule has 2 aliphatic rings. The summed E-state index contributed by atoms with van der Waals surface area (Å²) in [7, 11) is 0. The summed E-state index contributed by atoms with van der Waals surface area (Å²) in [5.74, 6) is 1.50. The first-order valence-corrected chi connectivity index (χ1v) is 9.97. The van der Waals surface area contributed by atoms with E-state index < -0.39 is 0 Å². The molecule has 0 radical (unpaired) electrons. The average Bonchev–Trinajstić information content (AvgIpc) is 3.48. The fraction of sp³-hybridized carbons (Fsp3) is 0.300. The molecule has 27 heavy (non-hydrogen) atoms. The van der Waals surface area contributed by atoms with E-state index >= 15 is 0 Å². The lowest BCUT2D eigenvalue weighted by Gasteiger charge is -2.26. The van der Waals surface area contributed by atoms with Gasteiger partial charge in [0.05, 0.1) is 16.6 Å². The highest BCUT2D eigenvalue weighted by Gasteiger charge is 2.32. The van der Waals surface area contributed by atoms with E-state index in [2.05, 4.69) is 10.2 Å². The van der Waals surface area contributed by atoms with Crippen molar-refractivity contribution in [3.05, 3.63) is 53.0 Å². The summed E-state index contributed by atoms with van der Waals surface area (Å²) >= 11 is 1.62. The van der Waals surface area contributed by atoms with Gasteiger partial charge in [0, 0.05) is 6.54 Å². The molecule has 1 saturated heterocycles. The minimum atomic E-state index is -0.0357. The third-order valence-corrected chi connectivity index (χ3v) is 5.95. The number of rotatable bonds is 3. The molecule has 0 saturated carbocycles. The lowest BCUT2D eigenvalue weighted by Crippen LogP contribution is -2.31. The largest absolute Gasteiger partial charge is 0.486 e. The number of hydrogen-bond acceptors (Lipinski definition) is 5. The van der Waals surface area contributed by atoms with Crippen molar-refractivity contribution in [1.29, 1.82) is 0 Å². The maximum atomic E-state index is 13.1. The number of hydrogen-bond donors (Lipinski definition) is 1. The molecule has 1 fully saturated rings. The number of aromatic amines is 1. The molecule has 0 spiro atoms. The number of thiophene rings is 1. The minimum Gasteiger partial charge on any atom is -0.486 e. The number of aromatic nitrogens is 2. The van der Waals surface area contributed by atoms with Gasteiger partial charge in [0.2, 0.25) is 0 Å². The Labute approximate surface area is 160 Å². The van der Waals surface area contributed by atoms with Crippen LogP contribution in [0.2, 0.25) is 0 Å². The molecule has 3 aromatic rings. The van der Waals surface area contributed by atoms with E-state index in [1.807, 2.05) is 46.7 Å². The summed E-state index contributed by atoms with van der Waals surface area (Å²) in [6.07, 6.45) is 1.92. The van der Waals surface area contributed by atoms with Gasteiger partial charge in [-0.3, -0.25) is 9.89 Å². The van der Waals surface area contributed by atoms with Crippen molar-refractivity contribution in [2.45, 2.75) is 18.9 Å². The van der Waals surface area contributed by atoms with Crippen molar-refractivity contribution in [2.24, 2.45) is 0 Å². The molecule has 4 heterocycles. The molecule has 0 bridgehead atoms. The van der Waals surface area contributed by atoms with Crippen LogP contribution in [0.1, 0.15) is 34.9 Å². The summed E-state index contributed by atoms with van der Waals surface area (Å²) in [6.45, 7) is 1.87. The fourth-order valence-electron chi connectivity index (χ4n) is 3.76. The van der Waals surface area contributed by atoms with E-state index in [1.165, 1.54) is 0 Å². The lowest BCUT2D eigenvalue weighted by molar-refractivity contribution is 0.0729. The van der Waals surface area contributed by atoms with Crippen LogP contribution in [0.15, 0.2) is 41.8 Å². The highest BCUT2D eigenvalue weighted by atomic mass is 32.1. The SMILES string of the molecule is O=C(c1cc(-c2cccs2)[nH]n1)N1CCCC1c1ccc2c(c1)OCCO2. The number of benzene rings is 1. The Balaban J connectivity index is 1.40. The molecule has 1 aromatic carbocycles. The molecule has 7 heteroatoms. The van der Waals surface area contributed by atoms with Crippen molar-refractivity contribution in [3.8, 4) is 22.1 Å². The maximum Gasteiger partial charge on any atom is 0.274 e. The van der Waals surface area contributed by atoms with Crippen LogP contribution in [0.5, 0.6) is 11.5 Å². The number of H-pyrrole nitrogens is 1. The Morgan fingerprint density at radius 2 is 2.07 bits per heavy atom. The number of likely N-dealkylation sites (tertiary alicyclic amines) is 1. The van der Waals surface area contributed by atoms with Gasteiger partial charge >= 0.3 is 0 Å². The van der Waals surface area contributed by atoms with Crippen molar-refractivity contribution >= 4 is 17.2 Å². The van der Waals surface area contributed by atoms with E-state index in [0.29, 0.717) is 18.9 Å². The average molecular weight is 381 g/mol. The predicted molar refractivity (Wildman–Crippen MR) is 102 cm³/mol. The monoisotopic (exact) mass is 381 g/mol. The topological polar surface area (TPSA) is 67.5 Å².